The van der Waals surface area contributed by atoms with E-state index in [0.717, 1.165) is 16.7 Å². The highest BCUT2D eigenvalue weighted by atomic mass is 32.2. The van der Waals surface area contributed by atoms with E-state index in [1.807, 2.05) is 55.5 Å². The number of ether oxygens (including phenoxy) is 1. The van der Waals surface area contributed by atoms with Crippen molar-refractivity contribution in [3.8, 4) is 11.1 Å². The third-order valence-electron chi connectivity index (χ3n) is 4.15. The molecule has 3 aromatic rings. The highest BCUT2D eigenvalue weighted by Gasteiger charge is 2.19. The van der Waals surface area contributed by atoms with Gasteiger partial charge in [0.05, 0.1) is 12.2 Å². The smallest absolute Gasteiger partial charge is 0.338 e. The van der Waals surface area contributed by atoms with Gasteiger partial charge in [-0.25, -0.2) is 4.79 Å². The zero-order chi connectivity index (χ0) is 18.4. The molecule has 0 aliphatic heterocycles. The molecule has 0 bridgehead atoms. The Morgan fingerprint density at radius 3 is 2.23 bits per heavy atom. The van der Waals surface area contributed by atoms with Crippen molar-refractivity contribution >= 4 is 17.7 Å². The molecule has 0 radical (unpaired) electrons. The first-order valence-electron chi connectivity index (χ1n) is 8.77. The maximum absolute atomic E-state index is 12.4. The number of benzene rings is 3. The summed E-state index contributed by atoms with van der Waals surface area (Å²) in [6.07, 6.45) is 0. The quantitative estimate of drug-likeness (QED) is 0.376. The van der Waals surface area contributed by atoms with Gasteiger partial charge in [0.2, 0.25) is 0 Å². The van der Waals surface area contributed by atoms with Gasteiger partial charge in [-0.1, -0.05) is 54.6 Å². The molecular formula is C23H22O2S. The summed E-state index contributed by atoms with van der Waals surface area (Å²) < 4.78 is 5.27. The summed E-state index contributed by atoms with van der Waals surface area (Å²) in [5.74, 6) is -0.261. The summed E-state index contributed by atoms with van der Waals surface area (Å²) in [6.45, 7) is 4.33. The van der Waals surface area contributed by atoms with Crippen LogP contribution in [0, 0.1) is 0 Å². The second kappa shape index (κ2) is 8.72. The Morgan fingerprint density at radius 2 is 1.58 bits per heavy atom. The van der Waals surface area contributed by atoms with Crippen LogP contribution in [-0.4, -0.2) is 12.6 Å². The van der Waals surface area contributed by atoms with Crippen LogP contribution < -0.4 is 0 Å². The van der Waals surface area contributed by atoms with Crippen LogP contribution in [-0.2, 0) is 4.74 Å². The van der Waals surface area contributed by atoms with Crippen LogP contribution in [0.1, 0.15) is 35.0 Å². The lowest BCUT2D eigenvalue weighted by Crippen LogP contribution is -2.09. The third-order valence-corrected chi connectivity index (χ3v) is 5.30. The van der Waals surface area contributed by atoms with Gasteiger partial charge in [-0.2, -0.15) is 0 Å². The maximum Gasteiger partial charge on any atom is 0.338 e. The minimum absolute atomic E-state index is 0.125. The zero-order valence-corrected chi connectivity index (χ0v) is 15.8. The molecule has 0 spiro atoms. The average Bonchev–Trinajstić information content (AvgIpc) is 2.69. The molecule has 0 saturated heterocycles. The van der Waals surface area contributed by atoms with Crippen LogP contribution in [0.4, 0.5) is 0 Å². The van der Waals surface area contributed by atoms with E-state index in [0.29, 0.717) is 12.2 Å². The lowest BCUT2D eigenvalue weighted by molar-refractivity contribution is 0.0525. The summed E-state index contributed by atoms with van der Waals surface area (Å²) in [6, 6.07) is 26.5. The lowest BCUT2D eigenvalue weighted by atomic mass is 9.97. The van der Waals surface area contributed by atoms with Gasteiger partial charge in [0.15, 0.2) is 0 Å². The second-order valence-corrected chi connectivity index (χ2v) is 7.38. The number of carbonyl (C=O) groups is 1. The molecule has 1 unspecified atom stereocenters. The monoisotopic (exact) mass is 362 g/mol. The van der Waals surface area contributed by atoms with E-state index < -0.39 is 0 Å². The van der Waals surface area contributed by atoms with Crippen LogP contribution in [0.15, 0.2) is 83.8 Å². The van der Waals surface area contributed by atoms with Crippen LogP contribution in [0.25, 0.3) is 11.1 Å². The van der Waals surface area contributed by atoms with E-state index in [1.165, 1.54) is 4.90 Å². The average molecular weight is 362 g/mol. The number of hydrogen-bond acceptors (Lipinski definition) is 3. The van der Waals surface area contributed by atoms with Gasteiger partial charge in [0.25, 0.3) is 0 Å². The van der Waals surface area contributed by atoms with Gasteiger partial charge in [-0.05, 0) is 54.8 Å². The number of carbonyl (C=O) groups excluding carboxylic acids is 1. The van der Waals surface area contributed by atoms with Gasteiger partial charge >= 0.3 is 5.97 Å². The fourth-order valence-corrected chi connectivity index (χ4v) is 3.92. The minimum Gasteiger partial charge on any atom is -0.462 e. The molecule has 1 atom stereocenters. The van der Waals surface area contributed by atoms with Crippen LogP contribution in [0.5, 0.6) is 0 Å². The minimum atomic E-state index is -0.261. The number of esters is 1. The Kier molecular flexibility index (Phi) is 6.13. The second-order valence-electron chi connectivity index (χ2n) is 5.96. The van der Waals surface area contributed by atoms with Crippen molar-refractivity contribution in [2.75, 3.05) is 6.61 Å². The third kappa shape index (κ3) is 4.36. The first-order chi connectivity index (χ1) is 12.7. The normalized spacial score (nSPS) is 11.8. The number of hydrogen-bond donors (Lipinski definition) is 0. The molecule has 0 fully saturated rings. The molecule has 3 heteroatoms. The molecule has 26 heavy (non-hydrogen) atoms. The fourth-order valence-electron chi connectivity index (χ4n) is 2.87. The molecule has 0 saturated carbocycles. The van der Waals surface area contributed by atoms with Crippen molar-refractivity contribution in [1.82, 2.24) is 0 Å². The Balaban J connectivity index is 1.99. The van der Waals surface area contributed by atoms with E-state index >= 15 is 0 Å². The lowest BCUT2D eigenvalue weighted by Gasteiger charge is -2.17. The van der Waals surface area contributed by atoms with Crippen molar-refractivity contribution in [1.29, 1.82) is 0 Å². The molecule has 3 aromatic carbocycles. The molecular weight excluding hydrogens is 340 g/mol. The highest BCUT2D eigenvalue weighted by molar-refractivity contribution is 7.99. The van der Waals surface area contributed by atoms with Crippen molar-refractivity contribution < 1.29 is 9.53 Å². The SMILES string of the molecule is CCOC(=O)c1ccc(-c2ccccc2)cc1C(C)Sc1ccccc1. The standard InChI is InChI=1S/C23H22O2S/c1-3-25-23(24)21-15-14-19(18-10-6-4-7-11-18)16-22(21)17(2)26-20-12-8-5-9-13-20/h4-17H,3H2,1-2H3. The van der Waals surface area contributed by atoms with Gasteiger partial charge in [0.1, 0.15) is 0 Å². The molecule has 2 nitrogen and oxygen atoms in total. The summed E-state index contributed by atoms with van der Waals surface area (Å²) in [4.78, 5) is 13.6. The summed E-state index contributed by atoms with van der Waals surface area (Å²) in [5, 5.41) is 0.125. The summed E-state index contributed by atoms with van der Waals surface area (Å²) in [7, 11) is 0. The van der Waals surface area contributed by atoms with Gasteiger partial charge in [-0.15, -0.1) is 11.8 Å². The van der Waals surface area contributed by atoms with E-state index in [9.17, 15) is 4.79 Å². The topological polar surface area (TPSA) is 26.3 Å². The summed E-state index contributed by atoms with van der Waals surface area (Å²) in [5.41, 5.74) is 3.89. The summed E-state index contributed by atoms with van der Waals surface area (Å²) >= 11 is 1.74. The zero-order valence-electron chi connectivity index (χ0n) is 15.0. The van der Waals surface area contributed by atoms with Crippen LogP contribution in [0.2, 0.25) is 0 Å². The Bertz CT molecular complexity index is 860. The van der Waals surface area contributed by atoms with Crippen molar-refractivity contribution in [3.05, 3.63) is 90.0 Å². The maximum atomic E-state index is 12.4. The molecule has 0 aliphatic carbocycles. The van der Waals surface area contributed by atoms with Gasteiger partial charge in [0, 0.05) is 10.1 Å². The van der Waals surface area contributed by atoms with Crippen molar-refractivity contribution in [2.24, 2.45) is 0 Å². The fraction of sp³-hybridized carbons (Fsp3) is 0.174. The number of rotatable bonds is 6. The Labute approximate surface area is 159 Å². The molecule has 0 aliphatic rings. The predicted octanol–water partition coefficient (Wildman–Crippen LogP) is 6.38. The Hall–Kier alpha value is -2.52. The van der Waals surface area contributed by atoms with Gasteiger partial charge < -0.3 is 4.74 Å². The first-order valence-corrected chi connectivity index (χ1v) is 9.65. The molecule has 0 aromatic heterocycles. The molecule has 3 rings (SSSR count). The number of thioether (sulfide) groups is 1. The van der Waals surface area contributed by atoms with Crippen LogP contribution in [0.3, 0.4) is 0 Å². The van der Waals surface area contributed by atoms with Gasteiger partial charge in [-0.3, -0.25) is 0 Å². The highest BCUT2D eigenvalue weighted by Crippen LogP contribution is 2.38. The molecule has 0 N–H and O–H groups in total. The van der Waals surface area contributed by atoms with E-state index in [2.05, 4.69) is 37.3 Å². The molecule has 0 amide bonds. The predicted molar refractivity (Wildman–Crippen MR) is 109 cm³/mol. The van der Waals surface area contributed by atoms with Crippen molar-refractivity contribution in [3.63, 3.8) is 0 Å². The van der Waals surface area contributed by atoms with E-state index in [1.54, 1.807) is 11.8 Å². The van der Waals surface area contributed by atoms with E-state index in [-0.39, 0.29) is 11.2 Å². The van der Waals surface area contributed by atoms with E-state index in [4.69, 9.17) is 4.74 Å². The molecule has 132 valence electrons. The first kappa shape index (κ1) is 18.3. The van der Waals surface area contributed by atoms with Crippen LogP contribution >= 0.6 is 11.8 Å². The largest absolute Gasteiger partial charge is 0.462 e. The van der Waals surface area contributed by atoms with Crippen molar-refractivity contribution in [2.45, 2.75) is 24.0 Å². The molecule has 0 heterocycles. The Morgan fingerprint density at radius 1 is 0.923 bits per heavy atom.